The normalized spacial score (nSPS) is 11.0. The standard InChI is InChI=1S/C22H20ClN3O2/c1-13-9-21(25-24-13)26-14(2)10-16-11-19(27-3)20(28-4)12-18(16)22(26)15-5-7-17(23)8-6-15/h5-12H,1-4H3. The molecule has 0 spiro atoms. The van der Waals surface area contributed by atoms with Gasteiger partial charge < -0.3 is 9.47 Å². The van der Waals surface area contributed by atoms with Gasteiger partial charge in [0.15, 0.2) is 17.3 Å². The lowest BCUT2D eigenvalue weighted by atomic mass is 10.0. The van der Waals surface area contributed by atoms with E-state index in [0.717, 1.165) is 39.2 Å². The van der Waals surface area contributed by atoms with Crippen molar-refractivity contribution < 1.29 is 14.0 Å². The number of aromatic nitrogens is 3. The molecule has 0 aliphatic rings. The van der Waals surface area contributed by atoms with E-state index in [4.69, 9.17) is 21.1 Å². The molecular weight excluding hydrogens is 374 g/mol. The number of ether oxygens (including phenoxy) is 2. The van der Waals surface area contributed by atoms with Crippen molar-refractivity contribution >= 4 is 22.4 Å². The van der Waals surface area contributed by atoms with Crippen molar-refractivity contribution in [1.82, 2.24) is 10.2 Å². The smallest absolute Gasteiger partial charge is 0.161 e. The third-order valence-electron chi connectivity index (χ3n) is 4.75. The maximum Gasteiger partial charge on any atom is 0.161 e. The molecule has 4 aromatic rings. The van der Waals surface area contributed by atoms with Crippen molar-refractivity contribution in [2.45, 2.75) is 13.8 Å². The fourth-order valence-electron chi connectivity index (χ4n) is 3.48. The molecule has 2 aromatic carbocycles. The molecule has 0 unspecified atom stereocenters. The minimum atomic E-state index is 0.672. The van der Waals surface area contributed by atoms with E-state index in [-0.39, 0.29) is 0 Å². The number of benzene rings is 2. The van der Waals surface area contributed by atoms with Gasteiger partial charge in [-0.25, -0.2) is 0 Å². The monoisotopic (exact) mass is 393 g/mol. The first-order chi connectivity index (χ1) is 13.5. The molecule has 6 heteroatoms. The summed E-state index contributed by atoms with van der Waals surface area (Å²) in [7, 11) is 3.28. The zero-order valence-corrected chi connectivity index (χ0v) is 16.9. The van der Waals surface area contributed by atoms with Crippen LogP contribution >= 0.6 is 11.6 Å². The summed E-state index contributed by atoms with van der Waals surface area (Å²) in [6, 6.07) is 15.9. The maximum absolute atomic E-state index is 6.13. The largest absolute Gasteiger partial charge is 0.493 e. The Bertz CT molecular complexity index is 1170. The molecule has 0 fully saturated rings. The van der Waals surface area contributed by atoms with Crippen molar-refractivity contribution in [3.05, 3.63) is 64.9 Å². The Morgan fingerprint density at radius 2 is 1.61 bits per heavy atom. The molecule has 142 valence electrons. The maximum atomic E-state index is 6.13. The van der Waals surface area contributed by atoms with E-state index in [9.17, 15) is 0 Å². The van der Waals surface area contributed by atoms with Crippen LogP contribution in [0.5, 0.6) is 11.5 Å². The minimum Gasteiger partial charge on any atom is -0.493 e. The minimum absolute atomic E-state index is 0.672. The first kappa shape index (κ1) is 18.3. The second-order valence-electron chi connectivity index (χ2n) is 6.61. The van der Waals surface area contributed by atoms with Crippen LogP contribution in [0.25, 0.3) is 27.8 Å². The van der Waals surface area contributed by atoms with Crippen LogP contribution in [0.3, 0.4) is 0 Å². The molecule has 5 nitrogen and oxygen atoms in total. The molecule has 0 saturated heterocycles. The number of halogens is 1. The van der Waals surface area contributed by atoms with Crippen molar-refractivity contribution in [3.8, 4) is 28.6 Å². The van der Waals surface area contributed by atoms with Crippen LogP contribution in [0.4, 0.5) is 0 Å². The average molecular weight is 394 g/mol. The number of fused-ring (bicyclic) bond motifs is 1. The van der Waals surface area contributed by atoms with Crippen molar-refractivity contribution in [2.75, 3.05) is 14.2 Å². The summed E-state index contributed by atoms with van der Waals surface area (Å²) in [5.74, 6) is 2.14. The van der Waals surface area contributed by atoms with Gasteiger partial charge >= 0.3 is 0 Å². The summed E-state index contributed by atoms with van der Waals surface area (Å²) in [4.78, 5) is 0. The van der Waals surface area contributed by atoms with Gasteiger partial charge in [0.1, 0.15) is 0 Å². The molecule has 2 heterocycles. The highest BCUT2D eigenvalue weighted by atomic mass is 35.5. The number of pyridine rings is 1. The zero-order chi connectivity index (χ0) is 19.8. The summed E-state index contributed by atoms with van der Waals surface area (Å²) >= 11 is 6.13. The molecule has 0 N–H and O–H groups in total. The first-order valence-electron chi connectivity index (χ1n) is 8.86. The number of methoxy groups -OCH3 is 2. The van der Waals surface area contributed by atoms with E-state index < -0.39 is 0 Å². The molecule has 0 bridgehead atoms. The van der Waals surface area contributed by atoms with Crippen LogP contribution in [-0.4, -0.2) is 19.3 Å². The summed E-state index contributed by atoms with van der Waals surface area (Å²) in [6.07, 6.45) is 0. The predicted molar refractivity (Wildman–Crippen MR) is 110 cm³/mol. The van der Waals surface area contributed by atoms with Crippen LogP contribution < -0.4 is 19.1 Å². The molecule has 0 radical (unpaired) electrons. The second kappa shape index (κ2) is 7.17. The van der Waals surface area contributed by atoms with E-state index in [1.165, 1.54) is 0 Å². The van der Waals surface area contributed by atoms with Gasteiger partial charge in [0.2, 0.25) is 0 Å². The lowest BCUT2D eigenvalue weighted by molar-refractivity contribution is -0.594. The van der Waals surface area contributed by atoms with Gasteiger partial charge in [-0.3, -0.25) is 4.57 Å². The Labute approximate surface area is 168 Å². The number of aryl methyl sites for hydroxylation is 2. The molecule has 28 heavy (non-hydrogen) atoms. The van der Waals surface area contributed by atoms with Crippen LogP contribution in [0, 0.1) is 13.8 Å². The van der Waals surface area contributed by atoms with Crippen molar-refractivity contribution in [2.24, 2.45) is 0 Å². The van der Waals surface area contributed by atoms with E-state index in [0.29, 0.717) is 16.5 Å². The van der Waals surface area contributed by atoms with Gasteiger partial charge in [-0.1, -0.05) is 23.7 Å². The molecular formula is C22H20ClN3O2. The van der Waals surface area contributed by atoms with Gasteiger partial charge in [-0.2, -0.15) is 5.10 Å². The Kier molecular flexibility index (Phi) is 4.69. The third kappa shape index (κ3) is 3.08. The van der Waals surface area contributed by atoms with E-state index in [1.807, 2.05) is 49.4 Å². The Morgan fingerprint density at radius 1 is 0.929 bits per heavy atom. The first-order valence-corrected chi connectivity index (χ1v) is 9.24. The molecule has 0 aliphatic heterocycles. The van der Waals surface area contributed by atoms with Crippen LogP contribution in [0.1, 0.15) is 11.4 Å². The Morgan fingerprint density at radius 3 is 2.21 bits per heavy atom. The summed E-state index contributed by atoms with van der Waals surface area (Å²) in [6.45, 7) is 3.99. The SMILES string of the molecule is COc1cc2cc(C)[n+](-c3cc(C)n[n-]3)c(-c3ccc(Cl)cc3)c2cc1OC. The molecule has 0 amide bonds. The van der Waals surface area contributed by atoms with Gasteiger partial charge in [0.05, 0.1) is 25.6 Å². The quantitative estimate of drug-likeness (QED) is 0.481. The highest BCUT2D eigenvalue weighted by Gasteiger charge is 2.18. The predicted octanol–water partition coefficient (Wildman–Crippen LogP) is 4.42. The fraction of sp³-hybridized carbons (Fsp3) is 0.182. The molecule has 4 rings (SSSR count). The number of rotatable bonds is 4. The topological polar surface area (TPSA) is 49.3 Å². The number of hydrogen-bond acceptors (Lipinski definition) is 3. The summed E-state index contributed by atoms with van der Waals surface area (Å²) in [5, 5.41) is 11.3. The van der Waals surface area contributed by atoms with Crippen LogP contribution in [-0.2, 0) is 0 Å². The molecule has 0 saturated carbocycles. The number of hydrogen-bond donors (Lipinski definition) is 0. The van der Waals surface area contributed by atoms with Crippen LogP contribution in [0.2, 0.25) is 5.02 Å². The summed E-state index contributed by atoms with van der Waals surface area (Å²) < 4.78 is 13.2. The highest BCUT2D eigenvalue weighted by Crippen LogP contribution is 2.36. The van der Waals surface area contributed by atoms with Gasteiger partial charge in [0, 0.05) is 22.2 Å². The third-order valence-corrected chi connectivity index (χ3v) is 5.00. The molecule has 2 aromatic heterocycles. The lowest BCUT2D eigenvalue weighted by Crippen LogP contribution is -2.38. The van der Waals surface area contributed by atoms with Crippen molar-refractivity contribution in [1.29, 1.82) is 0 Å². The molecule has 0 aliphatic carbocycles. The average Bonchev–Trinajstić information content (AvgIpc) is 3.12. The number of nitrogens with zero attached hydrogens (tertiary/aromatic N) is 3. The fourth-order valence-corrected chi connectivity index (χ4v) is 3.60. The Hall–Kier alpha value is -3.05. The summed E-state index contributed by atoms with van der Waals surface area (Å²) in [5.41, 5.74) is 3.92. The van der Waals surface area contributed by atoms with Crippen LogP contribution in [0.15, 0.2) is 48.5 Å². The van der Waals surface area contributed by atoms with Gasteiger partial charge in [0.25, 0.3) is 0 Å². The van der Waals surface area contributed by atoms with Crippen molar-refractivity contribution in [3.63, 3.8) is 0 Å². The van der Waals surface area contributed by atoms with E-state index in [1.54, 1.807) is 14.2 Å². The molecule has 0 atom stereocenters. The van der Waals surface area contributed by atoms with E-state index in [2.05, 4.69) is 27.8 Å². The van der Waals surface area contributed by atoms with Gasteiger partial charge in [-0.15, -0.1) is 5.10 Å². The zero-order valence-electron chi connectivity index (χ0n) is 16.2. The van der Waals surface area contributed by atoms with E-state index >= 15 is 0 Å². The highest BCUT2D eigenvalue weighted by molar-refractivity contribution is 6.30. The lowest BCUT2D eigenvalue weighted by Gasteiger charge is -2.20. The second-order valence-corrected chi connectivity index (χ2v) is 7.05. The van der Waals surface area contributed by atoms with Gasteiger partial charge in [-0.05, 0) is 55.1 Å². The Balaban J connectivity index is 2.14.